The van der Waals surface area contributed by atoms with Gasteiger partial charge in [-0.05, 0) is 49.0 Å². The van der Waals surface area contributed by atoms with E-state index in [1.807, 2.05) is 13.0 Å². The highest BCUT2D eigenvalue weighted by Crippen LogP contribution is 2.43. The first kappa shape index (κ1) is 18.7. The van der Waals surface area contributed by atoms with Crippen LogP contribution in [-0.2, 0) is 17.5 Å². The molecular weight excluding hydrogens is 343 g/mol. The third-order valence-electron chi connectivity index (χ3n) is 5.05. The summed E-state index contributed by atoms with van der Waals surface area (Å²) in [6, 6.07) is 4.93. The predicted octanol–water partition coefficient (Wildman–Crippen LogP) is 4.57. The Morgan fingerprint density at radius 2 is 2.08 bits per heavy atom. The van der Waals surface area contributed by atoms with E-state index in [1.165, 1.54) is 11.0 Å². The number of halogens is 3. The molecule has 1 amide bonds. The Hall–Kier alpha value is -2.08. The van der Waals surface area contributed by atoms with Crippen molar-refractivity contribution in [1.82, 2.24) is 4.90 Å². The first-order chi connectivity index (χ1) is 12.3. The van der Waals surface area contributed by atoms with E-state index >= 15 is 0 Å². The number of hydrogen-bond donors (Lipinski definition) is 1. The van der Waals surface area contributed by atoms with Crippen molar-refractivity contribution in [2.24, 2.45) is 0 Å². The number of carbonyl (C=O) groups excluding carboxylic acids is 1. The van der Waals surface area contributed by atoms with Crippen LogP contribution in [0.3, 0.4) is 0 Å². The number of carbonyl (C=O) groups is 1. The topological polar surface area (TPSA) is 40.5 Å². The zero-order valence-corrected chi connectivity index (χ0v) is 14.6. The fourth-order valence-corrected chi connectivity index (χ4v) is 3.70. The van der Waals surface area contributed by atoms with Crippen molar-refractivity contribution in [2.75, 3.05) is 0 Å². The number of unbranched alkanes of at least 4 members (excludes halogenated alkanes) is 1. The Labute approximate surface area is 150 Å². The number of amides is 1. The predicted molar refractivity (Wildman–Crippen MR) is 91.9 cm³/mol. The molecule has 0 saturated carbocycles. The molecule has 6 heteroatoms. The van der Waals surface area contributed by atoms with Gasteiger partial charge in [-0.15, -0.1) is 0 Å². The molecular formula is C20H22F3NO2. The Kier molecular flexibility index (Phi) is 4.97. The number of rotatable bonds is 5. The average molecular weight is 365 g/mol. The molecule has 1 atom stereocenters. The van der Waals surface area contributed by atoms with Gasteiger partial charge >= 0.3 is 6.18 Å². The number of nitrogens with zero attached hydrogens (tertiary/aromatic N) is 1. The molecule has 1 aromatic rings. The quantitative estimate of drug-likeness (QED) is 0.830. The molecule has 26 heavy (non-hydrogen) atoms. The normalized spacial score (nSPS) is 23.0. The van der Waals surface area contributed by atoms with E-state index in [4.69, 9.17) is 0 Å². The molecule has 1 aliphatic heterocycles. The lowest BCUT2D eigenvalue weighted by atomic mass is 9.89. The molecule has 3 rings (SSSR count). The molecule has 1 unspecified atom stereocenters. The maximum Gasteiger partial charge on any atom is 0.416 e. The van der Waals surface area contributed by atoms with Crippen LogP contribution in [-0.4, -0.2) is 21.6 Å². The van der Waals surface area contributed by atoms with Gasteiger partial charge in [-0.25, -0.2) is 0 Å². The van der Waals surface area contributed by atoms with Crippen LogP contribution in [0.1, 0.15) is 50.2 Å². The summed E-state index contributed by atoms with van der Waals surface area (Å²) in [7, 11) is 0. The summed E-state index contributed by atoms with van der Waals surface area (Å²) in [6.45, 7) is 1.94. The lowest BCUT2D eigenvalue weighted by Crippen LogP contribution is -2.48. The fourth-order valence-electron chi connectivity index (χ4n) is 3.70. The highest BCUT2D eigenvalue weighted by Gasteiger charge is 2.49. The first-order valence-corrected chi connectivity index (χ1v) is 8.88. The smallest absolute Gasteiger partial charge is 0.367 e. The van der Waals surface area contributed by atoms with Crippen LogP contribution >= 0.6 is 0 Å². The Bertz CT molecular complexity index is 767. The highest BCUT2D eigenvalue weighted by molar-refractivity contribution is 6.01. The van der Waals surface area contributed by atoms with Crippen molar-refractivity contribution >= 4 is 5.91 Å². The molecule has 0 spiro atoms. The van der Waals surface area contributed by atoms with Gasteiger partial charge in [0, 0.05) is 12.1 Å². The minimum absolute atomic E-state index is 0.0518. The Balaban J connectivity index is 1.93. The molecule has 1 aromatic carbocycles. The SMILES string of the molecule is CCCCC1(O)C2=C(C=CCC2)C(=O)N1Cc1cccc(C(F)(F)F)c1. The summed E-state index contributed by atoms with van der Waals surface area (Å²) in [5.74, 6) is -0.313. The zero-order chi connectivity index (χ0) is 18.9. The molecule has 0 aromatic heterocycles. The van der Waals surface area contributed by atoms with Gasteiger partial charge < -0.3 is 10.0 Å². The van der Waals surface area contributed by atoms with Crippen LogP contribution in [0.25, 0.3) is 0 Å². The van der Waals surface area contributed by atoms with E-state index in [1.54, 1.807) is 12.1 Å². The van der Waals surface area contributed by atoms with Crippen LogP contribution in [0.4, 0.5) is 13.2 Å². The summed E-state index contributed by atoms with van der Waals surface area (Å²) in [5, 5.41) is 11.3. The zero-order valence-electron chi connectivity index (χ0n) is 14.6. The van der Waals surface area contributed by atoms with Crippen molar-refractivity contribution in [2.45, 2.75) is 57.5 Å². The van der Waals surface area contributed by atoms with E-state index in [-0.39, 0.29) is 12.5 Å². The summed E-state index contributed by atoms with van der Waals surface area (Å²) < 4.78 is 38.9. The largest absolute Gasteiger partial charge is 0.416 e. The van der Waals surface area contributed by atoms with Gasteiger partial charge in [-0.3, -0.25) is 4.79 Å². The molecule has 2 aliphatic rings. The van der Waals surface area contributed by atoms with Crippen LogP contribution < -0.4 is 0 Å². The van der Waals surface area contributed by atoms with Crippen molar-refractivity contribution in [3.8, 4) is 0 Å². The number of hydrogen-bond acceptors (Lipinski definition) is 2. The van der Waals surface area contributed by atoms with Crippen molar-refractivity contribution in [3.05, 3.63) is 58.7 Å². The molecule has 140 valence electrons. The monoisotopic (exact) mass is 365 g/mol. The molecule has 1 aliphatic carbocycles. The van der Waals surface area contributed by atoms with Crippen LogP contribution in [0.2, 0.25) is 0 Å². The van der Waals surface area contributed by atoms with Crippen LogP contribution in [0.15, 0.2) is 47.6 Å². The van der Waals surface area contributed by atoms with E-state index in [0.717, 1.165) is 31.4 Å². The molecule has 3 nitrogen and oxygen atoms in total. The molecule has 0 fully saturated rings. The van der Waals surface area contributed by atoms with Gasteiger partial charge in [-0.2, -0.15) is 13.2 Å². The van der Waals surface area contributed by atoms with Crippen molar-refractivity contribution in [1.29, 1.82) is 0 Å². The van der Waals surface area contributed by atoms with Gasteiger partial charge in [0.25, 0.3) is 5.91 Å². The van der Waals surface area contributed by atoms with Crippen molar-refractivity contribution < 1.29 is 23.1 Å². The number of alkyl halides is 3. The Morgan fingerprint density at radius 3 is 2.77 bits per heavy atom. The minimum Gasteiger partial charge on any atom is -0.367 e. The summed E-state index contributed by atoms with van der Waals surface area (Å²) in [5.41, 5.74) is -0.628. The van der Waals surface area contributed by atoms with Gasteiger partial charge in [0.15, 0.2) is 5.72 Å². The number of benzene rings is 1. The summed E-state index contributed by atoms with van der Waals surface area (Å²) >= 11 is 0. The van der Waals surface area contributed by atoms with E-state index < -0.39 is 17.5 Å². The standard InChI is InChI=1S/C20H22F3NO2/c1-2-3-11-19(26)17-10-5-4-9-16(17)18(25)24(19)13-14-7-6-8-15(12-14)20(21,22)23/h4,6-9,12,26H,2-3,5,10-11,13H2,1H3. The second-order valence-electron chi connectivity index (χ2n) is 6.84. The van der Waals surface area contributed by atoms with Gasteiger partial charge in [-0.1, -0.05) is 37.6 Å². The second-order valence-corrected chi connectivity index (χ2v) is 6.84. The maximum absolute atomic E-state index is 13.0. The van der Waals surface area contributed by atoms with E-state index in [2.05, 4.69) is 0 Å². The first-order valence-electron chi connectivity index (χ1n) is 8.88. The van der Waals surface area contributed by atoms with E-state index in [0.29, 0.717) is 29.6 Å². The van der Waals surface area contributed by atoms with Gasteiger partial charge in [0.2, 0.25) is 0 Å². The van der Waals surface area contributed by atoms with Crippen molar-refractivity contribution in [3.63, 3.8) is 0 Å². The third-order valence-corrected chi connectivity index (χ3v) is 5.05. The Morgan fingerprint density at radius 1 is 1.31 bits per heavy atom. The van der Waals surface area contributed by atoms with Gasteiger partial charge in [0.1, 0.15) is 0 Å². The second kappa shape index (κ2) is 6.91. The summed E-state index contributed by atoms with van der Waals surface area (Å²) in [6.07, 6.45) is 2.49. The number of allylic oxidation sites excluding steroid dienone is 1. The lowest BCUT2D eigenvalue weighted by molar-refractivity contribution is -0.145. The molecule has 1 heterocycles. The highest BCUT2D eigenvalue weighted by atomic mass is 19.4. The minimum atomic E-state index is -4.44. The van der Waals surface area contributed by atoms with Crippen LogP contribution in [0.5, 0.6) is 0 Å². The average Bonchev–Trinajstić information content (AvgIpc) is 2.82. The maximum atomic E-state index is 13.0. The third kappa shape index (κ3) is 3.30. The molecule has 0 bridgehead atoms. The lowest BCUT2D eigenvalue weighted by Gasteiger charge is -2.36. The fraction of sp³-hybridized carbons (Fsp3) is 0.450. The number of aliphatic hydroxyl groups is 1. The molecule has 0 saturated heterocycles. The summed E-state index contributed by atoms with van der Waals surface area (Å²) in [4.78, 5) is 14.2. The van der Waals surface area contributed by atoms with E-state index in [9.17, 15) is 23.1 Å². The molecule has 0 radical (unpaired) electrons. The molecule has 1 N–H and O–H groups in total. The van der Waals surface area contributed by atoms with Crippen LogP contribution in [0, 0.1) is 0 Å². The van der Waals surface area contributed by atoms with Gasteiger partial charge in [0.05, 0.1) is 5.56 Å².